The van der Waals surface area contributed by atoms with E-state index in [0.29, 0.717) is 5.75 Å². The lowest BCUT2D eigenvalue weighted by Crippen LogP contribution is -2.58. The number of carbonyl (C=O) groups is 1. The second-order valence-electron chi connectivity index (χ2n) is 7.58. The summed E-state index contributed by atoms with van der Waals surface area (Å²) >= 11 is 0. The van der Waals surface area contributed by atoms with Crippen molar-refractivity contribution in [2.75, 3.05) is 26.1 Å². The number of aliphatic imine (C=N–C) groups is 1. The number of methoxy groups -OCH3 is 1. The van der Waals surface area contributed by atoms with Gasteiger partial charge in [-0.25, -0.2) is 27.1 Å². The van der Waals surface area contributed by atoms with Crippen molar-refractivity contribution in [3.8, 4) is 5.75 Å². The fourth-order valence-corrected chi connectivity index (χ4v) is 5.98. The van der Waals surface area contributed by atoms with Gasteiger partial charge in [0.15, 0.2) is 0 Å². The van der Waals surface area contributed by atoms with Crippen molar-refractivity contribution in [3.63, 3.8) is 0 Å². The number of amides is 1. The van der Waals surface area contributed by atoms with Gasteiger partial charge < -0.3 is 20.5 Å². The minimum atomic E-state index is -3.97. The van der Waals surface area contributed by atoms with Gasteiger partial charge in [0.05, 0.1) is 26.0 Å². The van der Waals surface area contributed by atoms with Crippen molar-refractivity contribution in [3.05, 3.63) is 53.6 Å². The highest BCUT2D eigenvalue weighted by Gasteiger charge is 2.61. The fourth-order valence-electron chi connectivity index (χ4n) is 4.03. The molecule has 32 heavy (non-hydrogen) atoms. The summed E-state index contributed by atoms with van der Waals surface area (Å²) in [5.41, 5.74) is 4.61. The Hall–Kier alpha value is -3.25. The Morgan fingerprint density at radius 2 is 2.12 bits per heavy atom. The molecular formula is C20H22FN5O5S. The average molecular weight is 463 g/mol. The van der Waals surface area contributed by atoms with Crippen LogP contribution in [0.3, 0.4) is 0 Å². The van der Waals surface area contributed by atoms with Crippen molar-refractivity contribution in [2.24, 2.45) is 10.7 Å². The van der Waals surface area contributed by atoms with E-state index in [1.54, 1.807) is 13.0 Å². The number of benzene rings is 1. The zero-order valence-corrected chi connectivity index (χ0v) is 18.4. The Labute approximate surface area is 184 Å². The summed E-state index contributed by atoms with van der Waals surface area (Å²) in [6, 6.07) is 6.91. The predicted octanol–water partition coefficient (Wildman–Crippen LogP) is 1.05. The number of guanidine groups is 1. The standard InChI is InChI=1S/C20H22FN5O5S/c1-11-17-20(10-31-11,25-19(22)26(2)32(17,28)29)14-8-12(4-6-15(14)21)24-18(27)16-7-5-13(30-3)9-23-16/h4-9,11,17H,10H2,1-3H3,(H2,22,25)(H,24,27). The molecule has 0 saturated carbocycles. The topological polar surface area (TPSA) is 136 Å². The third-order valence-electron chi connectivity index (χ3n) is 5.70. The number of halogens is 1. The van der Waals surface area contributed by atoms with Crippen molar-refractivity contribution in [2.45, 2.75) is 23.8 Å². The summed E-state index contributed by atoms with van der Waals surface area (Å²) in [5.74, 6) is -1.00. The van der Waals surface area contributed by atoms with Gasteiger partial charge in [0.2, 0.25) is 16.0 Å². The van der Waals surface area contributed by atoms with Crippen LogP contribution in [0.1, 0.15) is 23.0 Å². The number of nitrogens with zero attached hydrogens (tertiary/aromatic N) is 3. The summed E-state index contributed by atoms with van der Waals surface area (Å²) < 4.78 is 52.7. The monoisotopic (exact) mass is 463 g/mol. The molecule has 3 atom stereocenters. The van der Waals surface area contributed by atoms with E-state index in [-0.39, 0.29) is 29.5 Å². The van der Waals surface area contributed by atoms with E-state index < -0.39 is 38.6 Å². The molecule has 3 unspecified atom stereocenters. The Bertz CT molecular complexity index is 1200. The van der Waals surface area contributed by atoms with Crippen molar-refractivity contribution in [1.29, 1.82) is 0 Å². The molecule has 3 heterocycles. The van der Waals surface area contributed by atoms with Gasteiger partial charge >= 0.3 is 0 Å². The Kier molecular flexibility index (Phi) is 5.29. The molecular weight excluding hydrogens is 441 g/mol. The number of nitrogens with one attached hydrogen (secondary N) is 1. The first-order valence-electron chi connectivity index (χ1n) is 9.66. The highest BCUT2D eigenvalue weighted by molar-refractivity contribution is 7.90. The summed E-state index contributed by atoms with van der Waals surface area (Å²) in [6.45, 7) is 1.41. The molecule has 0 aliphatic carbocycles. The Morgan fingerprint density at radius 1 is 1.38 bits per heavy atom. The number of anilines is 1. The second kappa shape index (κ2) is 7.71. The lowest BCUT2D eigenvalue weighted by Gasteiger charge is -2.39. The van der Waals surface area contributed by atoms with E-state index in [0.717, 1.165) is 10.4 Å². The van der Waals surface area contributed by atoms with Crippen LogP contribution in [0.4, 0.5) is 10.1 Å². The van der Waals surface area contributed by atoms with Crippen molar-refractivity contribution in [1.82, 2.24) is 9.29 Å². The maximum atomic E-state index is 15.0. The second-order valence-corrected chi connectivity index (χ2v) is 9.66. The zero-order valence-electron chi connectivity index (χ0n) is 17.6. The van der Waals surface area contributed by atoms with Gasteiger partial charge in [0, 0.05) is 18.3 Å². The fraction of sp³-hybridized carbons (Fsp3) is 0.350. The van der Waals surface area contributed by atoms with E-state index in [9.17, 15) is 13.2 Å². The van der Waals surface area contributed by atoms with Gasteiger partial charge in [0.25, 0.3) is 5.91 Å². The zero-order chi connectivity index (χ0) is 23.3. The molecule has 1 fully saturated rings. The van der Waals surface area contributed by atoms with E-state index in [1.807, 2.05) is 0 Å². The van der Waals surface area contributed by atoms with Crippen molar-refractivity contribution < 1.29 is 27.1 Å². The molecule has 2 aliphatic rings. The van der Waals surface area contributed by atoms with Crippen LogP contribution in [0.25, 0.3) is 0 Å². The first-order valence-corrected chi connectivity index (χ1v) is 11.2. The lowest BCUT2D eigenvalue weighted by molar-refractivity contribution is 0.102. The van der Waals surface area contributed by atoms with Crippen LogP contribution in [0.15, 0.2) is 41.5 Å². The number of nitrogens with two attached hydrogens (primary N) is 1. The maximum Gasteiger partial charge on any atom is 0.274 e. The van der Waals surface area contributed by atoms with E-state index in [4.69, 9.17) is 15.2 Å². The molecule has 1 saturated heterocycles. The SMILES string of the molecule is COc1ccc(C(=O)Nc2ccc(F)c(C34COC(C)C3S(=O)(=O)N(C)C(N)=N4)c2)nc1. The highest BCUT2D eigenvalue weighted by atomic mass is 32.2. The molecule has 170 valence electrons. The normalized spacial score (nSPS) is 26.2. The quantitative estimate of drug-likeness (QED) is 0.692. The van der Waals surface area contributed by atoms with E-state index in [1.165, 1.54) is 38.6 Å². The molecule has 0 bridgehead atoms. The third-order valence-corrected chi connectivity index (χ3v) is 8.06. The molecule has 1 aromatic carbocycles. The van der Waals surface area contributed by atoms with E-state index in [2.05, 4.69) is 15.3 Å². The number of hydrogen-bond acceptors (Lipinski definition) is 8. The van der Waals surface area contributed by atoms with Crippen LogP contribution < -0.4 is 15.8 Å². The third kappa shape index (κ3) is 3.35. The van der Waals surface area contributed by atoms with Crippen LogP contribution in [0.2, 0.25) is 0 Å². The maximum absolute atomic E-state index is 15.0. The van der Waals surface area contributed by atoms with Crippen LogP contribution in [0.5, 0.6) is 5.75 Å². The number of rotatable bonds is 4. The van der Waals surface area contributed by atoms with Gasteiger partial charge in [-0.3, -0.25) is 4.79 Å². The van der Waals surface area contributed by atoms with Gasteiger partial charge in [-0.05, 0) is 37.3 Å². The molecule has 4 rings (SSSR count). The molecule has 0 spiro atoms. The number of carbonyl (C=O) groups excluding carboxylic acids is 1. The number of ether oxygens (including phenoxy) is 2. The Balaban J connectivity index is 1.74. The highest BCUT2D eigenvalue weighted by Crippen LogP contribution is 2.46. The number of pyridine rings is 1. The molecule has 12 heteroatoms. The number of sulfonamides is 1. The van der Waals surface area contributed by atoms with Gasteiger partial charge in [-0.2, -0.15) is 0 Å². The minimum absolute atomic E-state index is 0.0352. The smallest absolute Gasteiger partial charge is 0.274 e. The number of fused-ring (bicyclic) bond motifs is 1. The van der Waals surface area contributed by atoms with Crippen LogP contribution in [-0.4, -0.2) is 61.7 Å². The van der Waals surface area contributed by atoms with Crippen LogP contribution in [0, 0.1) is 5.82 Å². The van der Waals surface area contributed by atoms with Crippen LogP contribution in [-0.2, 0) is 20.3 Å². The summed E-state index contributed by atoms with van der Waals surface area (Å²) in [7, 11) is -1.20. The van der Waals surface area contributed by atoms with Gasteiger partial charge in [0.1, 0.15) is 28.0 Å². The van der Waals surface area contributed by atoms with Crippen LogP contribution >= 0.6 is 0 Å². The summed E-state index contributed by atoms with van der Waals surface area (Å²) in [4.78, 5) is 21.0. The summed E-state index contributed by atoms with van der Waals surface area (Å²) in [6.07, 6.45) is 0.646. The lowest BCUT2D eigenvalue weighted by atomic mass is 9.86. The predicted molar refractivity (Wildman–Crippen MR) is 114 cm³/mol. The molecule has 2 aromatic rings. The number of hydrogen-bond donors (Lipinski definition) is 2. The molecule has 1 amide bonds. The first kappa shape index (κ1) is 22.0. The minimum Gasteiger partial charge on any atom is -0.495 e. The largest absolute Gasteiger partial charge is 0.495 e. The summed E-state index contributed by atoms with van der Waals surface area (Å²) in [5, 5.41) is 1.46. The molecule has 0 radical (unpaired) electrons. The van der Waals surface area contributed by atoms with Gasteiger partial charge in [-0.15, -0.1) is 0 Å². The number of aromatic nitrogens is 1. The average Bonchev–Trinajstić information content (AvgIpc) is 3.11. The molecule has 2 aliphatic heterocycles. The van der Waals surface area contributed by atoms with E-state index >= 15 is 4.39 Å². The molecule has 3 N–H and O–H groups in total. The molecule has 1 aromatic heterocycles. The van der Waals surface area contributed by atoms with Gasteiger partial charge in [-0.1, -0.05) is 0 Å². The molecule has 10 nitrogen and oxygen atoms in total. The first-order chi connectivity index (χ1) is 15.1. The van der Waals surface area contributed by atoms with Crippen molar-refractivity contribution >= 4 is 27.6 Å². The Morgan fingerprint density at radius 3 is 2.78 bits per heavy atom.